The Bertz CT molecular complexity index is 673. The molecule has 0 bridgehead atoms. The van der Waals surface area contributed by atoms with Crippen LogP contribution in [0.5, 0.6) is 0 Å². The first-order valence-corrected chi connectivity index (χ1v) is 7.25. The minimum atomic E-state index is -1.02. The molecular weight excluding hydrogens is 290 g/mol. The van der Waals surface area contributed by atoms with Crippen LogP contribution in [-0.2, 0) is 11.3 Å². The Balaban J connectivity index is 2.06. The minimum absolute atomic E-state index is 0.225. The van der Waals surface area contributed by atoms with E-state index in [0.29, 0.717) is 15.7 Å². The second-order valence-electron chi connectivity index (χ2n) is 4.28. The van der Waals surface area contributed by atoms with Crippen molar-refractivity contribution in [3.05, 3.63) is 41.2 Å². The summed E-state index contributed by atoms with van der Waals surface area (Å²) in [5.74, 6) is -1.25. The van der Waals surface area contributed by atoms with E-state index in [2.05, 4.69) is 10.3 Å². The summed E-state index contributed by atoms with van der Waals surface area (Å²) in [4.78, 5) is 27.3. The molecule has 2 aromatic rings. The smallest absolute Gasteiger partial charge is 0.328 e. The number of hydrogen-bond donors (Lipinski definition) is 2. The number of nitrogens with zero attached hydrogens (tertiary/aromatic N) is 2. The predicted molar refractivity (Wildman–Crippen MR) is 81.5 cm³/mol. The van der Waals surface area contributed by atoms with Gasteiger partial charge in [-0.05, 0) is 24.6 Å². The van der Waals surface area contributed by atoms with Gasteiger partial charge in [0.1, 0.15) is 5.69 Å². The predicted octanol–water partition coefficient (Wildman–Crippen LogP) is 2.70. The Hall–Kier alpha value is -2.41. The summed E-state index contributed by atoms with van der Waals surface area (Å²) in [5, 5.41) is 11.7. The Morgan fingerprint density at radius 2 is 2.33 bits per heavy atom. The average molecular weight is 305 g/mol. The molecule has 0 unspecified atom stereocenters. The van der Waals surface area contributed by atoms with Crippen molar-refractivity contribution in [3.63, 3.8) is 0 Å². The van der Waals surface area contributed by atoms with E-state index in [1.54, 1.807) is 6.07 Å². The van der Waals surface area contributed by atoms with E-state index in [1.807, 2.05) is 23.8 Å². The summed E-state index contributed by atoms with van der Waals surface area (Å²) in [5.41, 5.74) is 0.578. The molecule has 21 heavy (non-hydrogen) atoms. The zero-order valence-electron chi connectivity index (χ0n) is 11.4. The van der Waals surface area contributed by atoms with Crippen molar-refractivity contribution in [1.29, 1.82) is 0 Å². The molecule has 2 rings (SSSR count). The number of nitrogens with one attached hydrogen (secondary N) is 1. The van der Waals surface area contributed by atoms with Gasteiger partial charge in [0.25, 0.3) is 5.91 Å². The second kappa shape index (κ2) is 6.85. The lowest BCUT2D eigenvalue weighted by molar-refractivity contribution is -0.131. The lowest BCUT2D eigenvalue weighted by atomic mass is 10.4. The molecule has 7 heteroatoms. The first kappa shape index (κ1) is 15.0. The van der Waals surface area contributed by atoms with Gasteiger partial charge in [-0.15, -0.1) is 0 Å². The Morgan fingerprint density at radius 1 is 1.52 bits per heavy atom. The maximum Gasteiger partial charge on any atom is 0.328 e. The molecule has 1 amide bonds. The van der Waals surface area contributed by atoms with Gasteiger partial charge in [-0.2, -0.15) is 0 Å². The number of thiazole rings is 1. The van der Waals surface area contributed by atoms with E-state index < -0.39 is 5.97 Å². The number of carboxylic acids is 1. The fraction of sp³-hybridized carbons (Fsp3) is 0.214. The number of anilines is 1. The van der Waals surface area contributed by atoms with Crippen molar-refractivity contribution in [3.8, 4) is 0 Å². The standard InChI is InChI=1S/C14H15N3O3S/c1-2-7-17-8-3-4-11(17)13(20)16-14-15-9-10(21-14)5-6-12(18)19/h3-6,8-9H,2,7H2,1H3,(H,18,19)(H,15,16,20). The summed E-state index contributed by atoms with van der Waals surface area (Å²) in [6.45, 7) is 2.82. The maximum atomic E-state index is 12.2. The quantitative estimate of drug-likeness (QED) is 0.804. The molecule has 0 fully saturated rings. The second-order valence-corrected chi connectivity index (χ2v) is 5.34. The van der Waals surface area contributed by atoms with Crippen LogP contribution in [0.25, 0.3) is 6.08 Å². The van der Waals surface area contributed by atoms with Crippen molar-refractivity contribution in [2.24, 2.45) is 0 Å². The zero-order valence-corrected chi connectivity index (χ0v) is 12.3. The largest absolute Gasteiger partial charge is 0.478 e. The van der Waals surface area contributed by atoms with Gasteiger partial charge in [0, 0.05) is 29.9 Å². The summed E-state index contributed by atoms with van der Waals surface area (Å²) in [7, 11) is 0. The number of aromatic nitrogens is 2. The molecule has 2 aromatic heterocycles. The zero-order chi connectivity index (χ0) is 15.2. The highest BCUT2D eigenvalue weighted by atomic mass is 32.1. The maximum absolute atomic E-state index is 12.2. The van der Waals surface area contributed by atoms with Crippen LogP contribution in [0.3, 0.4) is 0 Å². The third kappa shape index (κ3) is 4.03. The molecular formula is C14H15N3O3S. The van der Waals surface area contributed by atoms with Crippen LogP contribution in [0, 0.1) is 0 Å². The van der Waals surface area contributed by atoms with E-state index in [-0.39, 0.29) is 5.91 Å². The molecule has 110 valence electrons. The van der Waals surface area contributed by atoms with E-state index in [9.17, 15) is 9.59 Å². The van der Waals surface area contributed by atoms with Gasteiger partial charge >= 0.3 is 5.97 Å². The molecule has 0 aliphatic rings. The summed E-state index contributed by atoms with van der Waals surface area (Å²) in [6.07, 6.45) is 6.80. The van der Waals surface area contributed by atoms with Crippen LogP contribution < -0.4 is 5.32 Å². The van der Waals surface area contributed by atoms with Crippen LogP contribution in [0.15, 0.2) is 30.6 Å². The van der Waals surface area contributed by atoms with Crippen LogP contribution in [0.1, 0.15) is 28.7 Å². The summed E-state index contributed by atoms with van der Waals surface area (Å²) in [6, 6.07) is 3.58. The molecule has 2 heterocycles. The third-order valence-electron chi connectivity index (χ3n) is 2.66. The van der Waals surface area contributed by atoms with E-state index in [4.69, 9.17) is 5.11 Å². The van der Waals surface area contributed by atoms with Crippen LogP contribution in [0.2, 0.25) is 0 Å². The monoisotopic (exact) mass is 305 g/mol. The van der Waals surface area contributed by atoms with Crippen LogP contribution >= 0.6 is 11.3 Å². The van der Waals surface area contributed by atoms with Gasteiger partial charge in [0.2, 0.25) is 0 Å². The van der Waals surface area contributed by atoms with Crippen molar-refractivity contribution in [2.75, 3.05) is 5.32 Å². The number of carbonyl (C=O) groups excluding carboxylic acids is 1. The summed E-state index contributed by atoms with van der Waals surface area (Å²) >= 11 is 1.22. The molecule has 0 aliphatic heterocycles. The first-order chi connectivity index (χ1) is 10.1. The molecule has 0 aliphatic carbocycles. The number of hydrogen-bond acceptors (Lipinski definition) is 4. The van der Waals surface area contributed by atoms with Crippen molar-refractivity contribution < 1.29 is 14.7 Å². The lowest BCUT2D eigenvalue weighted by Gasteiger charge is -2.06. The van der Waals surface area contributed by atoms with Gasteiger partial charge in [-0.25, -0.2) is 9.78 Å². The van der Waals surface area contributed by atoms with Gasteiger partial charge < -0.3 is 9.67 Å². The van der Waals surface area contributed by atoms with Crippen molar-refractivity contribution >= 4 is 34.4 Å². The highest BCUT2D eigenvalue weighted by Crippen LogP contribution is 2.20. The molecule has 6 nitrogen and oxygen atoms in total. The van der Waals surface area contributed by atoms with Gasteiger partial charge in [-0.1, -0.05) is 18.3 Å². The fourth-order valence-electron chi connectivity index (χ4n) is 1.79. The average Bonchev–Trinajstić information content (AvgIpc) is 3.06. The summed E-state index contributed by atoms with van der Waals surface area (Å²) < 4.78 is 1.88. The normalized spacial score (nSPS) is 10.9. The van der Waals surface area contributed by atoms with Gasteiger partial charge in [-0.3, -0.25) is 10.1 Å². The van der Waals surface area contributed by atoms with Crippen LogP contribution in [0.4, 0.5) is 5.13 Å². The van der Waals surface area contributed by atoms with Crippen molar-refractivity contribution in [2.45, 2.75) is 19.9 Å². The molecule has 0 aromatic carbocycles. The van der Waals surface area contributed by atoms with Gasteiger partial charge in [0.05, 0.1) is 0 Å². The molecule has 0 spiro atoms. The first-order valence-electron chi connectivity index (χ1n) is 6.43. The number of aliphatic carboxylic acids is 1. The lowest BCUT2D eigenvalue weighted by Crippen LogP contribution is -2.16. The Labute approximate surface area is 125 Å². The number of carbonyl (C=O) groups is 2. The van der Waals surface area contributed by atoms with Gasteiger partial charge in [0.15, 0.2) is 5.13 Å². The fourth-order valence-corrected chi connectivity index (χ4v) is 2.51. The highest BCUT2D eigenvalue weighted by Gasteiger charge is 2.12. The number of carboxylic acid groups (broad SMARTS) is 1. The Morgan fingerprint density at radius 3 is 3.05 bits per heavy atom. The number of rotatable bonds is 6. The molecule has 2 N–H and O–H groups in total. The topological polar surface area (TPSA) is 84.2 Å². The number of aryl methyl sites for hydroxylation is 1. The van der Waals surface area contributed by atoms with Crippen LogP contribution in [-0.4, -0.2) is 26.5 Å². The molecule has 0 radical (unpaired) electrons. The SMILES string of the molecule is CCCn1cccc1C(=O)Nc1ncc(C=CC(=O)O)s1. The molecule has 0 saturated heterocycles. The van der Waals surface area contributed by atoms with Crippen molar-refractivity contribution in [1.82, 2.24) is 9.55 Å². The van der Waals surface area contributed by atoms with E-state index >= 15 is 0 Å². The molecule has 0 saturated carbocycles. The number of amides is 1. The van der Waals surface area contributed by atoms with E-state index in [0.717, 1.165) is 19.0 Å². The molecule has 0 atom stereocenters. The third-order valence-corrected chi connectivity index (χ3v) is 3.54. The Kier molecular flexibility index (Phi) is 4.89. The highest BCUT2D eigenvalue weighted by molar-refractivity contribution is 7.16. The minimum Gasteiger partial charge on any atom is -0.478 e. The van der Waals surface area contributed by atoms with E-state index in [1.165, 1.54) is 23.6 Å².